The third-order valence-electron chi connectivity index (χ3n) is 4.09. The SMILES string of the molecule is Cc1cc(NC(=O)[C@@H](C)NC(=O)CC(c2ccccc2)C(C)C)no1. The average Bonchev–Trinajstić information content (AvgIpc) is 2.98. The highest BCUT2D eigenvalue weighted by Crippen LogP contribution is 2.27. The largest absolute Gasteiger partial charge is 0.360 e. The van der Waals surface area contributed by atoms with Crippen LogP contribution in [0.5, 0.6) is 0 Å². The van der Waals surface area contributed by atoms with E-state index in [-0.39, 0.29) is 17.7 Å². The van der Waals surface area contributed by atoms with E-state index in [0.29, 0.717) is 23.9 Å². The molecule has 0 spiro atoms. The lowest BCUT2D eigenvalue weighted by Crippen LogP contribution is -2.42. The number of rotatable bonds is 7. The van der Waals surface area contributed by atoms with E-state index in [1.165, 1.54) is 0 Å². The molecule has 0 bridgehead atoms. The number of carbonyl (C=O) groups is 2. The van der Waals surface area contributed by atoms with Gasteiger partial charge >= 0.3 is 0 Å². The van der Waals surface area contributed by atoms with Gasteiger partial charge in [0.2, 0.25) is 11.8 Å². The molecule has 0 radical (unpaired) electrons. The molecule has 1 aromatic carbocycles. The molecule has 134 valence electrons. The molecule has 2 amide bonds. The van der Waals surface area contributed by atoms with Gasteiger partial charge in [-0.1, -0.05) is 49.3 Å². The minimum atomic E-state index is -0.659. The van der Waals surface area contributed by atoms with E-state index in [0.717, 1.165) is 5.56 Å². The van der Waals surface area contributed by atoms with Crippen molar-refractivity contribution in [3.8, 4) is 0 Å². The summed E-state index contributed by atoms with van der Waals surface area (Å²) in [5.74, 6) is 0.886. The van der Waals surface area contributed by atoms with Crippen molar-refractivity contribution >= 4 is 17.6 Å². The number of nitrogens with zero attached hydrogens (tertiary/aromatic N) is 1. The van der Waals surface area contributed by atoms with Crippen molar-refractivity contribution in [1.29, 1.82) is 0 Å². The van der Waals surface area contributed by atoms with E-state index in [9.17, 15) is 9.59 Å². The Morgan fingerprint density at radius 3 is 2.40 bits per heavy atom. The monoisotopic (exact) mass is 343 g/mol. The summed E-state index contributed by atoms with van der Waals surface area (Å²) in [6.45, 7) is 7.57. The highest BCUT2D eigenvalue weighted by Gasteiger charge is 2.22. The highest BCUT2D eigenvalue weighted by molar-refractivity contribution is 5.96. The first kappa shape index (κ1) is 18.7. The quantitative estimate of drug-likeness (QED) is 0.808. The molecule has 0 aliphatic rings. The van der Waals surface area contributed by atoms with Gasteiger partial charge in [-0.2, -0.15) is 0 Å². The molecule has 1 aromatic heterocycles. The molecule has 0 saturated carbocycles. The van der Waals surface area contributed by atoms with Gasteiger partial charge in [-0.3, -0.25) is 9.59 Å². The Balaban J connectivity index is 1.92. The first-order chi connectivity index (χ1) is 11.9. The maximum atomic E-state index is 12.4. The van der Waals surface area contributed by atoms with Crippen LogP contribution in [0.3, 0.4) is 0 Å². The molecule has 0 aliphatic heterocycles. The average molecular weight is 343 g/mol. The summed E-state index contributed by atoms with van der Waals surface area (Å²) in [5.41, 5.74) is 1.13. The Bertz CT molecular complexity index is 710. The van der Waals surface area contributed by atoms with Crippen LogP contribution in [0.15, 0.2) is 40.9 Å². The zero-order chi connectivity index (χ0) is 18.4. The van der Waals surface area contributed by atoms with Crippen molar-refractivity contribution in [3.63, 3.8) is 0 Å². The number of benzene rings is 1. The summed E-state index contributed by atoms with van der Waals surface area (Å²) in [7, 11) is 0. The molecule has 1 unspecified atom stereocenters. The molecular weight excluding hydrogens is 318 g/mol. The molecule has 0 fully saturated rings. The topological polar surface area (TPSA) is 84.2 Å². The third kappa shape index (κ3) is 5.45. The Labute approximate surface area is 148 Å². The van der Waals surface area contributed by atoms with E-state index in [4.69, 9.17) is 4.52 Å². The van der Waals surface area contributed by atoms with Gasteiger partial charge in [0, 0.05) is 12.5 Å². The number of hydrogen-bond acceptors (Lipinski definition) is 4. The molecule has 6 heteroatoms. The first-order valence-electron chi connectivity index (χ1n) is 8.45. The summed E-state index contributed by atoms with van der Waals surface area (Å²) in [5, 5.41) is 9.08. The van der Waals surface area contributed by atoms with Crippen molar-refractivity contribution in [3.05, 3.63) is 47.7 Å². The smallest absolute Gasteiger partial charge is 0.247 e. The second kappa shape index (κ2) is 8.46. The fraction of sp³-hybridized carbons (Fsp3) is 0.421. The summed E-state index contributed by atoms with van der Waals surface area (Å²) in [6, 6.07) is 10.9. The Morgan fingerprint density at radius 2 is 1.84 bits per heavy atom. The number of aryl methyl sites for hydroxylation is 1. The van der Waals surface area contributed by atoms with Crippen molar-refractivity contribution < 1.29 is 14.1 Å². The normalized spacial score (nSPS) is 13.3. The summed E-state index contributed by atoms with van der Waals surface area (Å²) in [6.07, 6.45) is 0.336. The van der Waals surface area contributed by atoms with Crippen molar-refractivity contribution in [2.45, 2.75) is 46.1 Å². The van der Waals surface area contributed by atoms with Crippen LogP contribution >= 0.6 is 0 Å². The molecule has 1 heterocycles. The number of hydrogen-bond donors (Lipinski definition) is 2. The van der Waals surface area contributed by atoms with Gasteiger partial charge in [0.05, 0.1) is 0 Å². The lowest BCUT2D eigenvalue weighted by Gasteiger charge is -2.22. The number of anilines is 1. The highest BCUT2D eigenvalue weighted by atomic mass is 16.5. The number of nitrogens with one attached hydrogen (secondary N) is 2. The predicted octanol–water partition coefficient (Wildman–Crippen LogP) is 3.26. The molecule has 0 aliphatic carbocycles. The second-order valence-electron chi connectivity index (χ2n) is 6.57. The van der Waals surface area contributed by atoms with Crippen LogP contribution in [0.25, 0.3) is 0 Å². The molecule has 2 aromatic rings. The molecule has 0 saturated heterocycles. The molecular formula is C19H25N3O3. The molecule has 2 rings (SSSR count). The van der Waals surface area contributed by atoms with Gasteiger partial charge in [-0.05, 0) is 31.2 Å². The third-order valence-corrected chi connectivity index (χ3v) is 4.09. The number of aromatic nitrogens is 1. The Kier molecular flexibility index (Phi) is 6.33. The van der Waals surface area contributed by atoms with Crippen LogP contribution in [0.2, 0.25) is 0 Å². The lowest BCUT2D eigenvalue weighted by molar-refractivity contribution is -0.126. The van der Waals surface area contributed by atoms with E-state index in [2.05, 4.69) is 29.6 Å². The minimum Gasteiger partial charge on any atom is -0.360 e. The van der Waals surface area contributed by atoms with E-state index in [1.54, 1.807) is 19.9 Å². The van der Waals surface area contributed by atoms with Crippen LogP contribution in [-0.4, -0.2) is 23.0 Å². The second-order valence-corrected chi connectivity index (χ2v) is 6.57. The fourth-order valence-corrected chi connectivity index (χ4v) is 2.66. The van der Waals surface area contributed by atoms with Gasteiger partial charge in [0.1, 0.15) is 11.8 Å². The van der Waals surface area contributed by atoms with Gasteiger partial charge in [0.15, 0.2) is 5.82 Å². The first-order valence-corrected chi connectivity index (χ1v) is 8.45. The van der Waals surface area contributed by atoms with E-state index in [1.807, 2.05) is 30.3 Å². The van der Waals surface area contributed by atoms with Crippen LogP contribution in [-0.2, 0) is 9.59 Å². The summed E-state index contributed by atoms with van der Waals surface area (Å²) in [4.78, 5) is 24.5. The van der Waals surface area contributed by atoms with Crippen molar-refractivity contribution in [2.24, 2.45) is 5.92 Å². The predicted molar refractivity (Wildman–Crippen MR) is 96.1 cm³/mol. The van der Waals surface area contributed by atoms with Gasteiger partial charge in [-0.15, -0.1) is 0 Å². The van der Waals surface area contributed by atoms with Crippen LogP contribution < -0.4 is 10.6 Å². The van der Waals surface area contributed by atoms with Gasteiger partial charge in [-0.25, -0.2) is 0 Å². The van der Waals surface area contributed by atoms with E-state index < -0.39 is 6.04 Å². The van der Waals surface area contributed by atoms with Crippen LogP contribution in [0.1, 0.15) is 44.4 Å². The Hall–Kier alpha value is -2.63. The fourth-order valence-electron chi connectivity index (χ4n) is 2.66. The number of carbonyl (C=O) groups excluding carboxylic acids is 2. The standard InChI is InChI=1S/C19H25N3O3/c1-12(2)16(15-8-6-5-7-9-15)11-18(23)20-14(4)19(24)21-17-10-13(3)25-22-17/h5-10,12,14,16H,11H2,1-4H3,(H,20,23)(H,21,22,24)/t14-,16?/m1/s1. The number of amides is 2. The van der Waals surface area contributed by atoms with Crippen LogP contribution in [0, 0.1) is 12.8 Å². The van der Waals surface area contributed by atoms with Crippen molar-refractivity contribution in [1.82, 2.24) is 10.5 Å². The summed E-state index contributed by atoms with van der Waals surface area (Å²) >= 11 is 0. The molecule has 6 nitrogen and oxygen atoms in total. The molecule has 25 heavy (non-hydrogen) atoms. The molecule has 2 N–H and O–H groups in total. The lowest BCUT2D eigenvalue weighted by atomic mass is 9.85. The Morgan fingerprint density at radius 1 is 1.16 bits per heavy atom. The maximum absolute atomic E-state index is 12.4. The van der Waals surface area contributed by atoms with Gasteiger partial charge in [0.25, 0.3) is 0 Å². The van der Waals surface area contributed by atoms with Gasteiger partial charge < -0.3 is 15.2 Å². The zero-order valence-electron chi connectivity index (χ0n) is 15.1. The zero-order valence-corrected chi connectivity index (χ0v) is 15.1. The van der Waals surface area contributed by atoms with E-state index >= 15 is 0 Å². The minimum absolute atomic E-state index is 0.106. The van der Waals surface area contributed by atoms with Crippen LogP contribution in [0.4, 0.5) is 5.82 Å². The maximum Gasteiger partial charge on any atom is 0.247 e. The molecule has 2 atom stereocenters. The van der Waals surface area contributed by atoms with Crippen molar-refractivity contribution in [2.75, 3.05) is 5.32 Å². The summed E-state index contributed by atoms with van der Waals surface area (Å²) < 4.78 is 4.90.